The van der Waals surface area contributed by atoms with E-state index in [1.807, 2.05) is 29.6 Å². The van der Waals surface area contributed by atoms with Gasteiger partial charge < -0.3 is 9.47 Å². The van der Waals surface area contributed by atoms with Crippen molar-refractivity contribution in [3.05, 3.63) is 45.6 Å². The lowest BCUT2D eigenvalue weighted by Gasteiger charge is -2.09. The van der Waals surface area contributed by atoms with Crippen molar-refractivity contribution >= 4 is 17.1 Å². The van der Waals surface area contributed by atoms with Crippen LogP contribution in [-0.4, -0.2) is 19.5 Å². The van der Waals surface area contributed by atoms with Gasteiger partial charge in [-0.25, -0.2) is 0 Å². The van der Waals surface area contributed by atoms with Crippen LogP contribution in [0, 0.1) is 0 Å². The molecule has 0 bridgehead atoms. The zero-order chi connectivity index (χ0) is 13.9. The van der Waals surface area contributed by atoms with Gasteiger partial charge in [0, 0.05) is 5.56 Å². The highest BCUT2D eigenvalue weighted by molar-refractivity contribution is 7.12. The quantitative estimate of drug-likeness (QED) is 0.808. The van der Waals surface area contributed by atoms with E-state index in [1.54, 1.807) is 7.11 Å². The predicted octanol–water partition coefficient (Wildman–Crippen LogP) is 3.70. The number of aryl methyl sites for hydroxylation is 1. The molecule has 0 saturated carbocycles. The second-order valence-corrected chi connectivity index (χ2v) is 5.69. The number of carbonyl (C=O) groups excluding carboxylic acids is 1. The summed E-state index contributed by atoms with van der Waals surface area (Å²) in [5.74, 6) is 1.58. The highest BCUT2D eigenvalue weighted by Crippen LogP contribution is 2.30. The first-order valence-corrected chi connectivity index (χ1v) is 7.59. The SMILES string of the molecule is COc1ccsc1C(=O)c1ccc2c(c1)CCCCO2. The molecule has 0 fully saturated rings. The van der Waals surface area contributed by atoms with Crippen molar-refractivity contribution in [3.8, 4) is 11.5 Å². The summed E-state index contributed by atoms with van der Waals surface area (Å²) in [6.45, 7) is 0.763. The molecule has 0 saturated heterocycles. The molecule has 4 heteroatoms. The van der Waals surface area contributed by atoms with Crippen LogP contribution in [-0.2, 0) is 6.42 Å². The maximum atomic E-state index is 12.5. The Morgan fingerprint density at radius 1 is 1.30 bits per heavy atom. The van der Waals surface area contributed by atoms with Crippen molar-refractivity contribution in [1.29, 1.82) is 0 Å². The van der Waals surface area contributed by atoms with Gasteiger partial charge in [0.1, 0.15) is 16.4 Å². The van der Waals surface area contributed by atoms with Crippen LogP contribution in [0.5, 0.6) is 11.5 Å². The topological polar surface area (TPSA) is 35.5 Å². The Bertz CT molecular complexity index is 630. The van der Waals surface area contributed by atoms with Crippen LogP contribution in [0.15, 0.2) is 29.6 Å². The zero-order valence-electron chi connectivity index (χ0n) is 11.3. The van der Waals surface area contributed by atoms with Gasteiger partial charge in [-0.05, 0) is 54.5 Å². The number of carbonyl (C=O) groups is 1. The molecule has 0 spiro atoms. The minimum Gasteiger partial charge on any atom is -0.495 e. The second-order valence-electron chi connectivity index (χ2n) is 4.78. The molecule has 0 atom stereocenters. The van der Waals surface area contributed by atoms with E-state index in [-0.39, 0.29) is 5.78 Å². The molecular weight excluding hydrogens is 272 g/mol. The normalized spacial score (nSPS) is 14.1. The average Bonchev–Trinajstić information content (AvgIpc) is 2.83. The van der Waals surface area contributed by atoms with Crippen LogP contribution in [0.4, 0.5) is 0 Å². The standard InChI is InChI=1S/C16H16O3S/c1-18-14-7-9-20-16(14)15(17)12-5-6-13-11(10-12)4-2-3-8-19-13/h5-7,9-10H,2-4,8H2,1H3. The lowest BCUT2D eigenvalue weighted by molar-refractivity contribution is 0.104. The first-order valence-electron chi connectivity index (χ1n) is 6.71. The van der Waals surface area contributed by atoms with Gasteiger partial charge in [-0.3, -0.25) is 4.79 Å². The Labute approximate surface area is 122 Å². The van der Waals surface area contributed by atoms with Crippen LogP contribution in [0.2, 0.25) is 0 Å². The third-order valence-corrected chi connectivity index (χ3v) is 4.37. The molecule has 0 N–H and O–H groups in total. The van der Waals surface area contributed by atoms with Crippen LogP contribution in [0.1, 0.15) is 33.6 Å². The molecule has 104 valence electrons. The highest BCUT2D eigenvalue weighted by Gasteiger charge is 2.18. The Morgan fingerprint density at radius 2 is 2.20 bits per heavy atom. The zero-order valence-corrected chi connectivity index (χ0v) is 12.2. The fraction of sp³-hybridized carbons (Fsp3) is 0.312. The summed E-state index contributed by atoms with van der Waals surface area (Å²) in [6, 6.07) is 7.53. The fourth-order valence-corrected chi connectivity index (χ4v) is 3.23. The lowest BCUT2D eigenvalue weighted by Crippen LogP contribution is -2.02. The first-order chi connectivity index (χ1) is 9.79. The van der Waals surface area contributed by atoms with Gasteiger partial charge >= 0.3 is 0 Å². The fourth-order valence-electron chi connectivity index (χ4n) is 2.41. The number of ketones is 1. The first kappa shape index (κ1) is 13.2. The lowest BCUT2D eigenvalue weighted by atomic mass is 10.0. The van der Waals surface area contributed by atoms with Gasteiger partial charge in [0.05, 0.1) is 13.7 Å². The molecular formula is C16H16O3S. The van der Waals surface area contributed by atoms with Crippen molar-refractivity contribution in [3.63, 3.8) is 0 Å². The van der Waals surface area contributed by atoms with E-state index in [0.29, 0.717) is 16.2 Å². The van der Waals surface area contributed by atoms with Crippen LogP contribution in [0.3, 0.4) is 0 Å². The van der Waals surface area contributed by atoms with E-state index in [9.17, 15) is 4.79 Å². The number of hydrogen-bond donors (Lipinski definition) is 0. The third-order valence-electron chi connectivity index (χ3n) is 3.48. The van der Waals surface area contributed by atoms with E-state index in [4.69, 9.17) is 9.47 Å². The third kappa shape index (κ3) is 2.43. The summed E-state index contributed by atoms with van der Waals surface area (Å²) in [5.41, 5.74) is 1.83. The molecule has 1 aliphatic heterocycles. The number of methoxy groups -OCH3 is 1. The predicted molar refractivity (Wildman–Crippen MR) is 79.2 cm³/mol. The highest BCUT2D eigenvalue weighted by atomic mass is 32.1. The Balaban J connectivity index is 1.94. The second kappa shape index (κ2) is 5.67. The van der Waals surface area contributed by atoms with Crippen molar-refractivity contribution < 1.29 is 14.3 Å². The van der Waals surface area contributed by atoms with E-state index in [1.165, 1.54) is 11.3 Å². The number of rotatable bonds is 3. The van der Waals surface area contributed by atoms with Crippen molar-refractivity contribution in [2.45, 2.75) is 19.3 Å². The van der Waals surface area contributed by atoms with E-state index >= 15 is 0 Å². The molecule has 0 aliphatic carbocycles. The molecule has 0 unspecified atom stereocenters. The Kier molecular flexibility index (Phi) is 3.74. The average molecular weight is 288 g/mol. The van der Waals surface area contributed by atoms with Crippen molar-refractivity contribution in [1.82, 2.24) is 0 Å². The maximum absolute atomic E-state index is 12.5. The molecule has 0 radical (unpaired) electrons. The molecule has 1 aromatic heterocycles. The number of ether oxygens (including phenoxy) is 2. The molecule has 1 aromatic carbocycles. The van der Waals surface area contributed by atoms with E-state index in [0.717, 1.165) is 37.2 Å². The number of fused-ring (bicyclic) bond motifs is 1. The number of benzene rings is 1. The summed E-state index contributed by atoms with van der Waals surface area (Å²) < 4.78 is 10.9. The summed E-state index contributed by atoms with van der Waals surface area (Å²) in [7, 11) is 1.59. The molecule has 1 aliphatic rings. The Hall–Kier alpha value is -1.81. The number of thiophene rings is 1. The van der Waals surface area contributed by atoms with Gasteiger partial charge in [-0.2, -0.15) is 0 Å². The van der Waals surface area contributed by atoms with Gasteiger partial charge in [0.15, 0.2) is 0 Å². The van der Waals surface area contributed by atoms with E-state index < -0.39 is 0 Å². The van der Waals surface area contributed by atoms with Crippen LogP contribution in [0.25, 0.3) is 0 Å². The van der Waals surface area contributed by atoms with Gasteiger partial charge in [0.2, 0.25) is 5.78 Å². The summed E-state index contributed by atoms with van der Waals surface area (Å²) in [4.78, 5) is 13.2. The molecule has 3 nitrogen and oxygen atoms in total. The summed E-state index contributed by atoms with van der Waals surface area (Å²) in [6.07, 6.45) is 3.14. The maximum Gasteiger partial charge on any atom is 0.206 e. The number of hydrogen-bond acceptors (Lipinski definition) is 4. The van der Waals surface area contributed by atoms with Gasteiger partial charge in [-0.1, -0.05) is 0 Å². The Morgan fingerprint density at radius 3 is 3.05 bits per heavy atom. The van der Waals surface area contributed by atoms with Crippen molar-refractivity contribution in [2.75, 3.05) is 13.7 Å². The smallest absolute Gasteiger partial charge is 0.206 e. The monoisotopic (exact) mass is 288 g/mol. The van der Waals surface area contributed by atoms with Crippen LogP contribution >= 0.6 is 11.3 Å². The van der Waals surface area contributed by atoms with Crippen molar-refractivity contribution in [2.24, 2.45) is 0 Å². The largest absolute Gasteiger partial charge is 0.495 e. The van der Waals surface area contributed by atoms with Crippen LogP contribution < -0.4 is 9.47 Å². The molecule has 2 heterocycles. The molecule has 3 rings (SSSR count). The molecule has 2 aromatic rings. The van der Waals surface area contributed by atoms with Gasteiger partial charge in [0.25, 0.3) is 0 Å². The van der Waals surface area contributed by atoms with Gasteiger partial charge in [-0.15, -0.1) is 11.3 Å². The van der Waals surface area contributed by atoms with E-state index in [2.05, 4.69) is 0 Å². The summed E-state index contributed by atoms with van der Waals surface area (Å²) in [5, 5.41) is 1.87. The minimum absolute atomic E-state index is 0.0175. The molecule has 0 amide bonds. The molecule has 20 heavy (non-hydrogen) atoms. The minimum atomic E-state index is 0.0175. The summed E-state index contributed by atoms with van der Waals surface area (Å²) >= 11 is 1.41.